The molecular formula is C45H65NO15S. The first kappa shape index (κ1) is 51.1. The van der Waals surface area contributed by atoms with Crippen molar-refractivity contribution in [3.05, 3.63) is 89.5 Å². The van der Waals surface area contributed by atoms with Gasteiger partial charge in [-0.2, -0.15) is 8.42 Å². The number of rotatable bonds is 38. The molecule has 0 radical (unpaired) electrons. The molecule has 1 N–H and O–H groups in total. The van der Waals surface area contributed by atoms with Gasteiger partial charge in [0.1, 0.15) is 6.61 Å². The molecule has 0 aliphatic heterocycles. The Bertz CT molecular complexity index is 1680. The minimum atomic E-state index is -3.78. The number of fused-ring (bicyclic) bond motifs is 3. The SMILES string of the molecule is Cc1ccc(S(=O)(=O)OCCOCCOCCOCCOCCOCCOCCOCCOCCOCCOCCCNC(=O)OCC2c3ccccc3-c3ccccc32)cc1. The molecule has 16 nitrogen and oxygen atoms in total. The zero-order chi connectivity index (χ0) is 43.8. The third kappa shape index (κ3) is 21.2. The van der Waals surface area contributed by atoms with Crippen molar-refractivity contribution >= 4 is 16.2 Å². The van der Waals surface area contributed by atoms with E-state index in [9.17, 15) is 13.2 Å². The summed E-state index contributed by atoms with van der Waals surface area (Å²) in [5.74, 6) is 0.0419. The van der Waals surface area contributed by atoms with Crippen LogP contribution < -0.4 is 5.32 Å². The molecule has 62 heavy (non-hydrogen) atoms. The van der Waals surface area contributed by atoms with E-state index in [0.29, 0.717) is 145 Å². The molecule has 0 spiro atoms. The highest BCUT2D eigenvalue weighted by Gasteiger charge is 2.29. The summed E-state index contributed by atoms with van der Waals surface area (Å²) in [5, 5.41) is 2.80. The monoisotopic (exact) mass is 891 g/mol. The number of alkyl carbamates (subject to hydrolysis) is 1. The fourth-order valence-electron chi connectivity index (χ4n) is 6.07. The van der Waals surface area contributed by atoms with Gasteiger partial charge in [0.15, 0.2) is 0 Å². The molecule has 3 aromatic carbocycles. The van der Waals surface area contributed by atoms with Crippen LogP contribution in [-0.4, -0.2) is 166 Å². The van der Waals surface area contributed by atoms with Gasteiger partial charge in [0.2, 0.25) is 0 Å². The van der Waals surface area contributed by atoms with Crippen LogP contribution in [0.4, 0.5) is 4.79 Å². The van der Waals surface area contributed by atoms with Crippen LogP contribution in [0.2, 0.25) is 0 Å². The van der Waals surface area contributed by atoms with Crippen molar-refractivity contribution in [2.75, 3.05) is 152 Å². The Morgan fingerprint density at radius 2 is 0.839 bits per heavy atom. The number of carbonyl (C=O) groups is 1. The van der Waals surface area contributed by atoms with Crippen molar-refractivity contribution in [3.63, 3.8) is 0 Å². The maximum atomic E-state index is 12.3. The lowest BCUT2D eigenvalue weighted by Gasteiger charge is -2.14. The molecule has 346 valence electrons. The van der Waals surface area contributed by atoms with Gasteiger partial charge in [0.05, 0.1) is 137 Å². The summed E-state index contributed by atoms with van der Waals surface area (Å²) in [5.41, 5.74) is 5.76. The highest BCUT2D eigenvalue weighted by Crippen LogP contribution is 2.44. The largest absolute Gasteiger partial charge is 0.449 e. The van der Waals surface area contributed by atoms with Crippen LogP contribution in [0, 0.1) is 6.92 Å². The maximum Gasteiger partial charge on any atom is 0.407 e. The number of hydrogen-bond acceptors (Lipinski definition) is 15. The number of ether oxygens (including phenoxy) is 11. The standard InChI is InChI=1S/C45H65NO15S/c1-38-11-13-39(14-12-38)62(48,49)61-36-35-59-34-33-58-32-31-57-30-29-56-28-27-55-26-25-54-24-23-53-22-21-52-20-19-51-18-17-50-16-6-15-46-45(47)60-37-44-42-9-4-2-7-40(42)41-8-3-5-10-43(41)44/h2-5,7-14,44H,6,15-37H2,1H3,(H,46,47). The molecule has 0 unspecified atom stereocenters. The van der Waals surface area contributed by atoms with Gasteiger partial charge in [-0.25, -0.2) is 4.79 Å². The second-order valence-electron chi connectivity index (χ2n) is 13.8. The minimum absolute atomic E-state index is 0.0419. The van der Waals surface area contributed by atoms with E-state index in [2.05, 4.69) is 29.6 Å². The van der Waals surface area contributed by atoms with E-state index in [1.165, 1.54) is 34.4 Å². The van der Waals surface area contributed by atoms with Gasteiger partial charge in [-0.3, -0.25) is 4.18 Å². The minimum Gasteiger partial charge on any atom is -0.449 e. The Kier molecular flexibility index (Phi) is 26.5. The average molecular weight is 892 g/mol. The lowest BCUT2D eigenvalue weighted by molar-refractivity contribution is -0.0267. The Balaban J connectivity index is 0.776. The predicted octanol–water partition coefficient (Wildman–Crippen LogP) is 4.80. The molecule has 1 amide bonds. The summed E-state index contributed by atoms with van der Waals surface area (Å²) in [6, 6.07) is 23.0. The quantitative estimate of drug-likeness (QED) is 0.0614. The van der Waals surface area contributed by atoms with Crippen LogP contribution in [0.25, 0.3) is 11.1 Å². The summed E-state index contributed by atoms with van der Waals surface area (Å²) in [6.07, 6.45) is 0.253. The van der Waals surface area contributed by atoms with Crippen molar-refractivity contribution in [3.8, 4) is 11.1 Å². The van der Waals surface area contributed by atoms with Gasteiger partial charge in [-0.05, 0) is 47.7 Å². The third-order valence-corrected chi connectivity index (χ3v) is 10.5. The van der Waals surface area contributed by atoms with E-state index in [1.807, 2.05) is 31.2 Å². The van der Waals surface area contributed by atoms with Crippen molar-refractivity contribution < 1.29 is 69.5 Å². The number of aryl methyl sites for hydroxylation is 1. The summed E-state index contributed by atoms with van der Waals surface area (Å²) in [6.45, 7) is 11.3. The van der Waals surface area contributed by atoms with Crippen LogP contribution in [0.1, 0.15) is 29.0 Å². The van der Waals surface area contributed by atoms with Crippen LogP contribution >= 0.6 is 0 Å². The van der Waals surface area contributed by atoms with Gasteiger partial charge in [0, 0.05) is 19.1 Å². The van der Waals surface area contributed by atoms with Crippen molar-refractivity contribution in [1.29, 1.82) is 0 Å². The highest BCUT2D eigenvalue weighted by atomic mass is 32.2. The highest BCUT2D eigenvalue weighted by molar-refractivity contribution is 7.86. The Morgan fingerprint density at radius 3 is 1.24 bits per heavy atom. The first-order chi connectivity index (χ1) is 30.5. The second kappa shape index (κ2) is 32.2. The summed E-state index contributed by atoms with van der Waals surface area (Å²) < 4.78 is 89.6. The molecule has 0 saturated carbocycles. The van der Waals surface area contributed by atoms with E-state index >= 15 is 0 Å². The Labute approximate surface area is 366 Å². The van der Waals surface area contributed by atoms with Gasteiger partial charge in [-0.1, -0.05) is 66.2 Å². The van der Waals surface area contributed by atoms with Crippen molar-refractivity contribution in [2.24, 2.45) is 0 Å². The van der Waals surface area contributed by atoms with Crippen molar-refractivity contribution in [1.82, 2.24) is 5.32 Å². The molecule has 0 atom stereocenters. The van der Waals surface area contributed by atoms with E-state index in [1.54, 1.807) is 12.1 Å². The van der Waals surface area contributed by atoms with Crippen LogP contribution in [0.3, 0.4) is 0 Å². The molecular weight excluding hydrogens is 827 g/mol. The van der Waals surface area contributed by atoms with Gasteiger partial charge >= 0.3 is 6.09 Å². The predicted molar refractivity (Wildman–Crippen MR) is 230 cm³/mol. The zero-order valence-electron chi connectivity index (χ0n) is 36.0. The fourth-order valence-corrected chi connectivity index (χ4v) is 6.96. The summed E-state index contributed by atoms with van der Waals surface area (Å²) in [4.78, 5) is 12.4. The average Bonchev–Trinajstić information content (AvgIpc) is 3.60. The third-order valence-electron chi connectivity index (χ3n) is 9.20. The van der Waals surface area contributed by atoms with Gasteiger partial charge in [-0.15, -0.1) is 0 Å². The lowest BCUT2D eigenvalue weighted by atomic mass is 9.98. The molecule has 4 rings (SSSR count). The summed E-state index contributed by atoms with van der Waals surface area (Å²) in [7, 11) is -3.78. The first-order valence-electron chi connectivity index (χ1n) is 21.3. The number of benzene rings is 3. The number of carbonyl (C=O) groups excluding carboxylic acids is 1. The van der Waals surface area contributed by atoms with Gasteiger partial charge in [0.25, 0.3) is 10.1 Å². The van der Waals surface area contributed by atoms with Crippen LogP contribution in [0.15, 0.2) is 77.7 Å². The topological polar surface area (TPSA) is 174 Å². The number of nitrogens with one attached hydrogen (secondary N) is 1. The van der Waals surface area contributed by atoms with E-state index in [4.69, 9.17) is 56.3 Å². The number of amides is 1. The first-order valence-corrected chi connectivity index (χ1v) is 22.7. The zero-order valence-corrected chi connectivity index (χ0v) is 36.8. The molecule has 0 bridgehead atoms. The van der Waals surface area contributed by atoms with Gasteiger partial charge < -0.3 is 57.4 Å². The van der Waals surface area contributed by atoms with Crippen LogP contribution in [-0.2, 0) is 66.4 Å². The van der Waals surface area contributed by atoms with E-state index in [0.717, 1.165) is 5.56 Å². The molecule has 0 fully saturated rings. The van der Waals surface area contributed by atoms with E-state index in [-0.39, 0.29) is 24.0 Å². The molecule has 0 saturated heterocycles. The maximum absolute atomic E-state index is 12.3. The number of hydrogen-bond donors (Lipinski definition) is 1. The van der Waals surface area contributed by atoms with E-state index < -0.39 is 16.2 Å². The Morgan fingerprint density at radius 1 is 0.484 bits per heavy atom. The smallest absolute Gasteiger partial charge is 0.407 e. The molecule has 17 heteroatoms. The van der Waals surface area contributed by atoms with Crippen LogP contribution in [0.5, 0.6) is 0 Å². The second-order valence-corrected chi connectivity index (χ2v) is 15.4. The lowest BCUT2D eigenvalue weighted by Crippen LogP contribution is -2.27. The molecule has 3 aromatic rings. The summed E-state index contributed by atoms with van der Waals surface area (Å²) >= 11 is 0. The normalized spacial score (nSPS) is 12.4. The molecule has 0 heterocycles. The fraction of sp³-hybridized carbons (Fsp3) is 0.578. The van der Waals surface area contributed by atoms with Crippen molar-refractivity contribution in [2.45, 2.75) is 24.2 Å². The molecule has 1 aliphatic rings. The molecule has 1 aliphatic carbocycles. The Hall–Kier alpha value is -3.56. The molecule has 0 aromatic heterocycles.